The van der Waals surface area contributed by atoms with Gasteiger partial charge in [-0.15, -0.1) is 0 Å². The van der Waals surface area contributed by atoms with Gasteiger partial charge in [0.25, 0.3) is 0 Å². The van der Waals surface area contributed by atoms with Crippen LogP contribution >= 0.6 is 0 Å². The lowest BCUT2D eigenvalue weighted by Gasteiger charge is -2.25. The summed E-state index contributed by atoms with van der Waals surface area (Å²) in [6.07, 6.45) is 1.09. The van der Waals surface area contributed by atoms with Gasteiger partial charge in [0.1, 0.15) is 5.75 Å². The number of hydrogen-bond acceptors (Lipinski definition) is 3. The third-order valence-electron chi connectivity index (χ3n) is 5.01. The maximum absolute atomic E-state index is 12.3. The molecule has 0 amide bonds. The van der Waals surface area contributed by atoms with Crippen LogP contribution in [0.4, 0.5) is 8.78 Å². The fourth-order valence-electron chi connectivity index (χ4n) is 3.59. The highest BCUT2D eigenvalue weighted by molar-refractivity contribution is 5.79. The summed E-state index contributed by atoms with van der Waals surface area (Å²) in [5.41, 5.74) is 2.18. The zero-order valence-corrected chi connectivity index (χ0v) is 16.7. The van der Waals surface area contributed by atoms with E-state index in [9.17, 15) is 8.78 Å². The summed E-state index contributed by atoms with van der Waals surface area (Å²) in [5, 5.41) is 3.44. The first kappa shape index (κ1) is 21.0. The van der Waals surface area contributed by atoms with Gasteiger partial charge in [-0.05, 0) is 29.7 Å². The van der Waals surface area contributed by atoms with Crippen molar-refractivity contribution in [3.63, 3.8) is 0 Å². The largest absolute Gasteiger partial charge is 0.435 e. The highest BCUT2D eigenvalue weighted by atomic mass is 19.3. The molecule has 2 aromatic rings. The van der Waals surface area contributed by atoms with Gasteiger partial charge in [0, 0.05) is 39.7 Å². The molecule has 0 aromatic heterocycles. The molecule has 0 saturated carbocycles. The van der Waals surface area contributed by atoms with E-state index in [1.807, 2.05) is 30.1 Å². The molecule has 1 aliphatic rings. The summed E-state index contributed by atoms with van der Waals surface area (Å²) in [7, 11) is 3.69. The van der Waals surface area contributed by atoms with Crippen LogP contribution in [0.15, 0.2) is 59.6 Å². The van der Waals surface area contributed by atoms with Crippen LogP contribution in [0.1, 0.15) is 23.7 Å². The van der Waals surface area contributed by atoms with Crippen LogP contribution in [0.3, 0.4) is 0 Å². The monoisotopic (exact) mass is 403 g/mol. The number of aliphatic imine (C=N–C) groups is 1. The second-order valence-electron chi connectivity index (χ2n) is 7.06. The van der Waals surface area contributed by atoms with Gasteiger partial charge in [-0.2, -0.15) is 8.78 Å². The SMILES string of the molecule is CN=C(NCC1CCOC1c1ccccc1)N(C)Cc1ccc(OC(F)F)cc1. The molecule has 1 fully saturated rings. The topological polar surface area (TPSA) is 46.1 Å². The van der Waals surface area contributed by atoms with Crippen molar-refractivity contribution in [3.8, 4) is 5.75 Å². The van der Waals surface area contributed by atoms with Gasteiger partial charge in [-0.3, -0.25) is 4.99 Å². The Morgan fingerprint density at radius 3 is 2.59 bits per heavy atom. The predicted octanol–water partition coefficient (Wildman–Crippen LogP) is 4.07. The molecule has 1 heterocycles. The van der Waals surface area contributed by atoms with Gasteiger partial charge in [-0.1, -0.05) is 42.5 Å². The molecule has 1 aliphatic heterocycles. The van der Waals surface area contributed by atoms with Crippen molar-refractivity contribution >= 4 is 5.96 Å². The number of alkyl halides is 2. The number of rotatable bonds is 7. The highest BCUT2D eigenvalue weighted by Gasteiger charge is 2.29. The molecule has 2 unspecified atom stereocenters. The highest BCUT2D eigenvalue weighted by Crippen LogP contribution is 2.33. The van der Waals surface area contributed by atoms with Crippen molar-refractivity contribution in [2.45, 2.75) is 25.7 Å². The molecule has 0 aliphatic carbocycles. The Bertz CT molecular complexity index is 784. The quantitative estimate of drug-likeness (QED) is 0.559. The summed E-state index contributed by atoms with van der Waals surface area (Å²) in [6.45, 7) is -0.700. The molecular weight excluding hydrogens is 376 g/mol. The number of ether oxygens (including phenoxy) is 2. The van der Waals surface area contributed by atoms with E-state index in [-0.39, 0.29) is 11.9 Å². The average molecular weight is 403 g/mol. The van der Waals surface area contributed by atoms with Crippen LogP contribution in [0.5, 0.6) is 5.75 Å². The minimum Gasteiger partial charge on any atom is -0.435 e. The maximum Gasteiger partial charge on any atom is 0.387 e. The minimum absolute atomic E-state index is 0.0921. The number of hydrogen-bond donors (Lipinski definition) is 1. The van der Waals surface area contributed by atoms with Crippen LogP contribution in [0.25, 0.3) is 0 Å². The van der Waals surface area contributed by atoms with Gasteiger partial charge in [0.15, 0.2) is 5.96 Å². The first-order valence-electron chi connectivity index (χ1n) is 9.69. The number of nitrogens with one attached hydrogen (secondary N) is 1. The summed E-state index contributed by atoms with van der Waals surface area (Å²) in [6, 6.07) is 16.9. The third kappa shape index (κ3) is 5.90. The molecule has 29 heavy (non-hydrogen) atoms. The fraction of sp³-hybridized carbons (Fsp3) is 0.409. The van der Waals surface area contributed by atoms with Crippen molar-refractivity contribution in [1.29, 1.82) is 0 Å². The first-order chi connectivity index (χ1) is 14.1. The van der Waals surface area contributed by atoms with E-state index in [2.05, 4.69) is 27.2 Å². The standard InChI is InChI=1S/C22H27F2N3O2/c1-25-22(27(2)15-16-8-10-19(11-9-16)29-21(23)24)26-14-18-12-13-28-20(18)17-6-4-3-5-7-17/h3-11,18,20-21H,12-15H2,1-2H3,(H,25,26). The average Bonchev–Trinajstić information content (AvgIpc) is 3.19. The van der Waals surface area contributed by atoms with Crippen molar-refractivity contribution in [2.75, 3.05) is 27.2 Å². The Kier molecular flexibility index (Phi) is 7.41. The zero-order chi connectivity index (χ0) is 20.6. The molecule has 3 rings (SSSR count). The number of nitrogens with zero attached hydrogens (tertiary/aromatic N) is 2. The third-order valence-corrected chi connectivity index (χ3v) is 5.01. The van der Waals surface area contributed by atoms with Gasteiger partial charge in [0.2, 0.25) is 0 Å². The number of benzene rings is 2. The van der Waals surface area contributed by atoms with Crippen LogP contribution in [0.2, 0.25) is 0 Å². The number of guanidine groups is 1. The number of halogens is 2. The molecular formula is C22H27F2N3O2. The van der Waals surface area contributed by atoms with Crippen molar-refractivity contribution in [3.05, 3.63) is 65.7 Å². The van der Waals surface area contributed by atoms with E-state index < -0.39 is 6.61 Å². The molecule has 0 bridgehead atoms. The first-order valence-corrected chi connectivity index (χ1v) is 9.69. The molecule has 156 valence electrons. The van der Waals surface area contributed by atoms with E-state index >= 15 is 0 Å². The Morgan fingerprint density at radius 1 is 1.21 bits per heavy atom. The summed E-state index contributed by atoms with van der Waals surface area (Å²) in [5.74, 6) is 1.30. The lowest BCUT2D eigenvalue weighted by Crippen LogP contribution is -2.41. The fourth-order valence-corrected chi connectivity index (χ4v) is 3.59. The van der Waals surface area contributed by atoms with E-state index in [1.54, 1.807) is 31.3 Å². The van der Waals surface area contributed by atoms with E-state index in [1.165, 1.54) is 5.56 Å². The molecule has 0 radical (unpaired) electrons. The van der Waals surface area contributed by atoms with Crippen LogP contribution in [-0.2, 0) is 11.3 Å². The molecule has 1 saturated heterocycles. The van der Waals surface area contributed by atoms with Gasteiger partial charge in [0.05, 0.1) is 6.10 Å². The van der Waals surface area contributed by atoms with Crippen molar-refractivity contribution < 1.29 is 18.3 Å². The maximum atomic E-state index is 12.3. The molecule has 7 heteroatoms. The Labute approximate surface area is 170 Å². The molecule has 5 nitrogen and oxygen atoms in total. The molecule has 2 atom stereocenters. The zero-order valence-electron chi connectivity index (χ0n) is 16.7. The Hall–Kier alpha value is -2.67. The molecule has 2 aromatic carbocycles. The lowest BCUT2D eigenvalue weighted by atomic mass is 9.95. The Balaban J connectivity index is 1.54. The van der Waals surface area contributed by atoms with Gasteiger partial charge < -0.3 is 19.7 Å². The molecule has 1 N–H and O–H groups in total. The van der Waals surface area contributed by atoms with Gasteiger partial charge >= 0.3 is 6.61 Å². The van der Waals surface area contributed by atoms with Crippen molar-refractivity contribution in [2.24, 2.45) is 10.9 Å². The molecule has 0 spiro atoms. The smallest absolute Gasteiger partial charge is 0.387 e. The summed E-state index contributed by atoms with van der Waals surface area (Å²) < 4.78 is 34.9. The van der Waals surface area contributed by atoms with Gasteiger partial charge in [-0.25, -0.2) is 0 Å². The second kappa shape index (κ2) is 10.2. The second-order valence-corrected chi connectivity index (χ2v) is 7.06. The summed E-state index contributed by atoms with van der Waals surface area (Å²) in [4.78, 5) is 6.36. The summed E-state index contributed by atoms with van der Waals surface area (Å²) >= 11 is 0. The lowest BCUT2D eigenvalue weighted by molar-refractivity contribution is -0.0498. The van der Waals surface area contributed by atoms with Crippen LogP contribution in [-0.4, -0.2) is 44.7 Å². The minimum atomic E-state index is -2.81. The van der Waals surface area contributed by atoms with Crippen molar-refractivity contribution in [1.82, 2.24) is 10.2 Å². The van der Waals surface area contributed by atoms with Crippen LogP contribution < -0.4 is 10.1 Å². The normalized spacial score (nSPS) is 19.4. The predicted molar refractivity (Wildman–Crippen MR) is 109 cm³/mol. The van der Waals surface area contributed by atoms with Crippen LogP contribution in [0, 0.1) is 5.92 Å². The Morgan fingerprint density at radius 2 is 1.93 bits per heavy atom. The van der Waals surface area contributed by atoms with E-state index in [4.69, 9.17) is 4.74 Å². The van der Waals surface area contributed by atoms with E-state index in [0.717, 1.165) is 31.1 Å². The van der Waals surface area contributed by atoms with E-state index in [0.29, 0.717) is 12.5 Å².